The summed E-state index contributed by atoms with van der Waals surface area (Å²) in [5, 5.41) is 2.35. The first-order valence-electron chi connectivity index (χ1n) is 10.3. The lowest BCUT2D eigenvalue weighted by Crippen LogP contribution is -2.69. The molecule has 0 bridgehead atoms. The Bertz CT molecular complexity index is 811. The van der Waals surface area contributed by atoms with Crippen LogP contribution >= 0.6 is 0 Å². The number of benzene rings is 1. The van der Waals surface area contributed by atoms with Crippen LogP contribution in [-0.2, 0) is 30.5 Å². The van der Waals surface area contributed by atoms with Crippen molar-refractivity contribution < 1.29 is 28.7 Å². The summed E-state index contributed by atoms with van der Waals surface area (Å²) in [7, 11) is 0. The van der Waals surface area contributed by atoms with Crippen LogP contribution in [-0.4, -0.2) is 53.4 Å². The van der Waals surface area contributed by atoms with Crippen molar-refractivity contribution in [2.24, 2.45) is 0 Å². The van der Waals surface area contributed by atoms with Crippen molar-refractivity contribution in [2.45, 2.75) is 64.2 Å². The van der Waals surface area contributed by atoms with Gasteiger partial charge in [-0.2, -0.15) is 0 Å². The number of carbonyl (C=O) groups is 4. The molecular weight excluding hydrogens is 388 g/mol. The van der Waals surface area contributed by atoms with Crippen molar-refractivity contribution in [3.8, 4) is 0 Å². The third kappa shape index (κ3) is 4.87. The lowest BCUT2D eigenvalue weighted by Gasteiger charge is -2.47. The zero-order valence-corrected chi connectivity index (χ0v) is 17.4. The Morgan fingerprint density at radius 2 is 1.77 bits per heavy atom. The molecule has 162 valence electrons. The number of piperazine rings is 1. The molecule has 2 aliphatic rings. The molecule has 1 aliphatic heterocycles. The van der Waals surface area contributed by atoms with Crippen LogP contribution in [0.1, 0.15) is 61.9 Å². The number of esters is 1. The Labute approximate surface area is 175 Å². The van der Waals surface area contributed by atoms with E-state index in [1.54, 1.807) is 24.3 Å². The summed E-state index contributed by atoms with van der Waals surface area (Å²) in [5.41, 5.74) is 0.220. The van der Waals surface area contributed by atoms with E-state index in [4.69, 9.17) is 9.47 Å². The third-order valence-electron chi connectivity index (χ3n) is 5.58. The molecule has 0 radical (unpaired) electrons. The molecule has 1 aliphatic carbocycles. The number of amides is 3. The molecule has 0 aromatic heterocycles. The monoisotopic (exact) mass is 416 g/mol. The molecule has 0 unspecified atom stereocenters. The molecule has 8 heteroatoms. The van der Waals surface area contributed by atoms with Crippen molar-refractivity contribution in [3.05, 3.63) is 35.4 Å². The summed E-state index contributed by atoms with van der Waals surface area (Å²) in [6.07, 6.45) is 3.71. The third-order valence-corrected chi connectivity index (χ3v) is 5.58. The molecular formula is C22H28N2O6. The minimum absolute atomic E-state index is 0.108. The standard InChI is InChI=1S/C22H28N2O6/c1-15(2)29-13-16-6-8-17(9-7-16)20(27)30-14-19(26)24-12-18(25)23-21(28)22(24)10-4-3-5-11-22/h6-9,15H,3-5,10-14H2,1-2H3,(H,23,25,28). The van der Waals surface area contributed by atoms with Gasteiger partial charge < -0.3 is 14.4 Å². The maximum atomic E-state index is 12.8. The first kappa shape index (κ1) is 22.0. The van der Waals surface area contributed by atoms with Gasteiger partial charge in [0.1, 0.15) is 12.1 Å². The second-order valence-corrected chi connectivity index (χ2v) is 8.08. The number of hydrogen-bond donors (Lipinski definition) is 1. The van der Waals surface area contributed by atoms with E-state index in [0.29, 0.717) is 25.0 Å². The van der Waals surface area contributed by atoms with Crippen LogP contribution in [0.25, 0.3) is 0 Å². The van der Waals surface area contributed by atoms with E-state index in [1.807, 2.05) is 13.8 Å². The molecule has 1 spiro atoms. The highest BCUT2D eigenvalue weighted by atomic mass is 16.5. The van der Waals surface area contributed by atoms with Gasteiger partial charge in [-0.05, 0) is 44.4 Å². The van der Waals surface area contributed by atoms with Crippen LogP contribution in [0.3, 0.4) is 0 Å². The largest absolute Gasteiger partial charge is 0.452 e. The summed E-state index contributed by atoms with van der Waals surface area (Å²) < 4.78 is 10.7. The highest BCUT2D eigenvalue weighted by Crippen LogP contribution is 2.35. The van der Waals surface area contributed by atoms with Gasteiger partial charge in [-0.15, -0.1) is 0 Å². The average molecular weight is 416 g/mol. The fourth-order valence-corrected chi connectivity index (χ4v) is 3.95. The molecule has 8 nitrogen and oxygen atoms in total. The van der Waals surface area contributed by atoms with Gasteiger partial charge in [0.25, 0.3) is 11.8 Å². The van der Waals surface area contributed by atoms with Gasteiger partial charge in [0.05, 0.1) is 18.3 Å². The van der Waals surface area contributed by atoms with Gasteiger partial charge in [0.2, 0.25) is 5.91 Å². The molecule has 30 heavy (non-hydrogen) atoms. The molecule has 1 aromatic rings. The van der Waals surface area contributed by atoms with E-state index >= 15 is 0 Å². The molecule has 1 saturated carbocycles. The van der Waals surface area contributed by atoms with Crippen LogP contribution in [0, 0.1) is 0 Å². The van der Waals surface area contributed by atoms with Crippen molar-refractivity contribution in [2.75, 3.05) is 13.2 Å². The number of imide groups is 1. The van der Waals surface area contributed by atoms with Gasteiger partial charge in [0, 0.05) is 0 Å². The number of hydrogen-bond acceptors (Lipinski definition) is 6. The minimum Gasteiger partial charge on any atom is -0.452 e. The number of ether oxygens (including phenoxy) is 2. The van der Waals surface area contributed by atoms with E-state index < -0.39 is 35.8 Å². The van der Waals surface area contributed by atoms with E-state index in [9.17, 15) is 19.2 Å². The quantitative estimate of drug-likeness (QED) is 0.562. The Morgan fingerprint density at radius 1 is 1.10 bits per heavy atom. The first-order chi connectivity index (χ1) is 14.3. The second kappa shape index (κ2) is 9.38. The number of nitrogens with one attached hydrogen (secondary N) is 1. The van der Waals surface area contributed by atoms with Gasteiger partial charge in [-0.1, -0.05) is 31.4 Å². The van der Waals surface area contributed by atoms with E-state index in [2.05, 4.69) is 5.32 Å². The Balaban J connectivity index is 1.61. The molecule has 1 aromatic carbocycles. The van der Waals surface area contributed by atoms with Crippen molar-refractivity contribution in [3.63, 3.8) is 0 Å². The summed E-state index contributed by atoms with van der Waals surface area (Å²) in [5.74, 6) is -2.12. The first-order valence-corrected chi connectivity index (χ1v) is 10.3. The Hall–Kier alpha value is -2.74. The minimum atomic E-state index is -1.02. The average Bonchev–Trinajstić information content (AvgIpc) is 2.74. The van der Waals surface area contributed by atoms with Crippen molar-refractivity contribution in [1.29, 1.82) is 0 Å². The fourth-order valence-electron chi connectivity index (χ4n) is 3.95. The Kier molecular flexibility index (Phi) is 6.87. The normalized spacial score (nSPS) is 18.4. The summed E-state index contributed by atoms with van der Waals surface area (Å²) in [4.78, 5) is 50.8. The molecule has 0 atom stereocenters. The lowest BCUT2D eigenvalue weighted by molar-refractivity contribution is -0.161. The highest BCUT2D eigenvalue weighted by Gasteiger charge is 2.51. The fraction of sp³-hybridized carbons (Fsp3) is 0.545. The predicted octanol–water partition coefficient (Wildman–Crippen LogP) is 1.96. The number of rotatable bonds is 6. The van der Waals surface area contributed by atoms with Gasteiger partial charge in [0.15, 0.2) is 6.61 Å². The van der Waals surface area contributed by atoms with Gasteiger partial charge in [-0.3, -0.25) is 19.7 Å². The van der Waals surface area contributed by atoms with Crippen molar-refractivity contribution >= 4 is 23.7 Å². The van der Waals surface area contributed by atoms with Crippen LogP contribution < -0.4 is 5.32 Å². The number of nitrogens with zero attached hydrogens (tertiary/aromatic N) is 1. The maximum Gasteiger partial charge on any atom is 0.338 e. The van der Waals surface area contributed by atoms with Crippen molar-refractivity contribution in [1.82, 2.24) is 10.2 Å². The summed E-state index contributed by atoms with van der Waals surface area (Å²) >= 11 is 0. The predicted molar refractivity (Wildman–Crippen MR) is 107 cm³/mol. The van der Waals surface area contributed by atoms with E-state index in [1.165, 1.54) is 4.90 Å². The zero-order chi connectivity index (χ0) is 21.7. The van der Waals surface area contributed by atoms with Gasteiger partial charge >= 0.3 is 5.97 Å². The van der Waals surface area contributed by atoms with Crippen LogP contribution in [0.4, 0.5) is 0 Å². The second-order valence-electron chi connectivity index (χ2n) is 8.08. The lowest BCUT2D eigenvalue weighted by atomic mass is 9.78. The summed E-state index contributed by atoms with van der Waals surface area (Å²) in [6, 6.07) is 6.77. The molecule has 1 saturated heterocycles. The topological polar surface area (TPSA) is 102 Å². The molecule has 1 N–H and O–H groups in total. The highest BCUT2D eigenvalue weighted by molar-refractivity contribution is 6.07. The number of carbonyl (C=O) groups excluding carboxylic acids is 4. The molecule has 1 heterocycles. The van der Waals surface area contributed by atoms with E-state index in [0.717, 1.165) is 24.8 Å². The summed E-state index contributed by atoms with van der Waals surface area (Å²) in [6.45, 7) is 3.62. The van der Waals surface area contributed by atoms with Crippen LogP contribution in [0.15, 0.2) is 24.3 Å². The van der Waals surface area contributed by atoms with Crippen LogP contribution in [0.2, 0.25) is 0 Å². The Morgan fingerprint density at radius 3 is 2.40 bits per heavy atom. The molecule has 2 fully saturated rings. The zero-order valence-electron chi connectivity index (χ0n) is 17.4. The molecule has 3 rings (SSSR count). The van der Waals surface area contributed by atoms with E-state index in [-0.39, 0.29) is 12.6 Å². The van der Waals surface area contributed by atoms with Gasteiger partial charge in [-0.25, -0.2) is 4.79 Å². The maximum absolute atomic E-state index is 12.8. The molecule has 3 amide bonds. The van der Waals surface area contributed by atoms with Crippen LogP contribution in [0.5, 0.6) is 0 Å². The SMILES string of the molecule is CC(C)OCc1ccc(C(=O)OCC(=O)N2CC(=O)NC(=O)C23CCCCC3)cc1. The smallest absolute Gasteiger partial charge is 0.338 e.